The number of aromatic hydroxyl groups is 1. The molecule has 5 nitrogen and oxygen atoms in total. The van der Waals surface area contributed by atoms with Crippen LogP contribution in [0.1, 0.15) is 47.3 Å². The summed E-state index contributed by atoms with van der Waals surface area (Å²) < 4.78 is 0. The van der Waals surface area contributed by atoms with Crippen LogP contribution >= 0.6 is 0 Å². The maximum atomic E-state index is 11.5. The van der Waals surface area contributed by atoms with Crippen molar-refractivity contribution in [3.8, 4) is 5.75 Å². The third-order valence-corrected chi connectivity index (χ3v) is 4.47. The van der Waals surface area contributed by atoms with Crippen molar-refractivity contribution in [2.24, 2.45) is 0 Å². The largest absolute Gasteiger partial charge is 0.508 e. The van der Waals surface area contributed by atoms with Crippen molar-refractivity contribution in [1.82, 2.24) is 9.97 Å². The van der Waals surface area contributed by atoms with Crippen LogP contribution in [0.5, 0.6) is 5.75 Å². The van der Waals surface area contributed by atoms with E-state index in [0.717, 1.165) is 31.6 Å². The fraction of sp³-hybridized carbons (Fsp3) is 0.389. The fourth-order valence-electron chi connectivity index (χ4n) is 3.14. The molecule has 1 saturated heterocycles. The maximum absolute atomic E-state index is 11.5. The van der Waals surface area contributed by atoms with Crippen molar-refractivity contribution in [3.05, 3.63) is 47.3 Å². The Hall–Kier alpha value is -2.43. The van der Waals surface area contributed by atoms with Gasteiger partial charge in [0, 0.05) is 19.3 Å². The molecule has 2 aromatic rings. The van der Waals surface area contributed by atoms with Gasteiger partial charge >= 0.3 is 0 Å². The van der Waals surface area contributed by atoms with E-state index in [-0.39, 0.29) is 5.78 Å². The van der Waals surface area contributed by atoms with Gasteiger partial charge in [-0.3, -0.25) is 4.79 Å². The highest BCUT2D eigenvalue weighted by atomic mass is 16.3. The summed E-state index contributed by atoms with van der Waals surface area (Å²) in [6, 6.07) is 7.51. The highest BCUT2D eigenvalue weighted by molar-refractivity contribution is 5.94. The van der Waals surface area contributed by atoms with Gasteiger partial charge in [0.05, 0.1) is 11.3 Å². The Labute approximate surface area is 136 Å². The quantitative estimate of drug-likeness (QED) is 0.882. The van der Waals surface area contributed by atoms with Crippen LogP contribution in [0.4, 0.5) is 5.95 Å². The number of hydrogen-bond donors (Lipinski definition) is 1. The van der Waals surface area contributed by atoms with Gasteiger partial charge in [0.25, 0.3) is 0 Å². The van der Waals surface area contributed by atoms with Crippen LogP contribution in [0.3, 0.4) is 0 Å². The minimum absolute atomic E-state index is 0.00311. The number of benzene rings is 1. The molecule has 1 aliphatic rings. The van der Waals surface area contributed by atoms with Gasteiger partial charge in [0.15, 0.2) is 5.78 Å². The van der Waals surface area contributed by atoms with E-state index in [9.17, 15) is 9.90 Å². The smallest absolute Gasteiger partial charge is 0.225 e. The first kappa shape index (κ1) is 15.5. The zero-order valence-electron chi connectivity index (χ0n) is 13.5. The minimum atomic E-state index is -0.00311. The van der Waals surface area contributed by atoms with Crippen LogP contribution in [0.25, 0.3) is 0 Å². The molecule has 3 rings (SSSR count). The molecule has 2 heterocycles. The van der Waals surface area contributed by atoms with Gasteiger partial charge in [0.2, 0.25) is 5.95 Å². The number of phenolic OH excluding ortho intramolecular Hbond substituents is 1. The lowest BCUT2D eigenvalue weighted by atomic mass is 9.89. The molecule has 23 heavy (non-hydrogen) atoms. The van der Waals surface area contributed by atoms with Crippen molar-refractivity contribution in [2.45, 2.75) is 32.6 Å². The number of hydrogen-bond acceptors (Lipinski definition) is 5. The van der Waals surface area contributed by atoms with Crippen LogP contribution in [0.2, 0.25) is 0 Å². The lowest BCUT2D eigenvalue weighted by Gasteiger charge is -2.32. The molecular formula is C18H21N3O2. The lowest BCUT2D eigenvalue weighted by molar-refractivity contribution is 0.101. The molecule has 0 aliphatic carbocycles. The molecule has 1 aromatic heterocycles. The summed E-state index contributed by atoms with van der Waals surface area (Å²) in [5, 5.41) is 9.62. The van der Waals surface area contributed by atoms with Gasteiger partial charge in [-0.25, -0.2) is 9.97 Å². The number of carbonyl (C=O) groups excluding carboxylic acids is 1. The van der Waals surface area contributed by atoms with Gasteiger partial charge in [-0.2, -0.15) is 0 Å². The highest BCUT2D eigenvalue weighted by Gasteiger charge is 2.23. The average Bonchev–Trinajstić information content (AvgIpc) is 2.54. The summed E-state index contributed by atoms with van der Waals surface area (Å²) in [6.07, 6.45) is 3.63. The van der Waals surface area contributed by atoms with E-state index >= 15 is 0 Å². The normalized spacial score (nSPS) is 15.7. The fourth-order valence-corrected chi connectivity index (χ4v) is 3.14. The number of phenols is 1. The Kier molecular flexibility index (Phi) is 4.28. The zero-order chi connectivity index (χ0) is 16.4. The van der Waals surface area contributed by atoms with Crippen molar-refractivity contribution in [3.63, 3.8) is 0 Å². The molecule has 1 aromatic carbocycles. The van der Waals surface area contributed by atoms with Crippen LogP contribution in [0.15, 0.2) is 30.5 Å². The van der Waals surface area contributed by atoms with Crippen molar-refractivity contribution < 1.29 is 9.90 Å². The molecular weight excluding hydrogens is 290 g/mol. The molecule has 0 unspecified atom stereocenters. The number of aromatic nitrogens is 2. The summed E-state index contributed by atoms with van der Waals surface area (Å²) in [5.41, 5.74) is 2.51. The summed E-state index contributed by atoms with van der Waals surface area (Å²) >= 11 is 0. The maximum Gasteiger partial charge on any atom is 0.225 e. The second kappa shape index (κ2) is 6.36. The van der Waals surface area contributed by atoms with E-state index in [1.54, 1.807) is 12.3 Å². The van der Waals surface area contributed by atoms with E-state index in [1.807, 2.05) is 19.1 Å². The molecule has 1 N–H and O–H groups in total. The topological polar surface area (TPSA) is 66.3 Å². The number of rotatable bonds is 3. The summed E-state index contributed by atoms with van der Waals surface area (Å²) in [4.78, 5) is 22.5. The number of carbonyl (C=O) groups is 1. The number of anilines is 1. The van der Waals surface area contributed by atoms with Gasteiger partial charge in [0.1, 0.15) is 5.75 Å². The first-order chi connectivity index (χ1) is 11.0. The van der Waals surface area contributed by atoms with Crippen molar-refractivity contribution in [1.29, 1.82) is 0 Å². The van der Waals surface area contributed by atoms with Crippen LogP contribution in [-0.4, -0.2) is 33.9 Å². The molecule has 0 bridgehead atoms. The number of ketones is 1. The third-order valence-electron chi connectivity index (χ3n) is 4.47. The first-order valence-electron chi connectivity index (χ1n) is 7.93. The second-order valence-corrected chi connectivity index (χ2v) is 6.08. The van der Waals surface area contributed by atoms with Gasteiger partial charge in [-0.15, -0.1) is 0 Å². The van der Waals surface area contributed by atoms with E-state index in [2.05, 4.69) is 20.9 Å². The van der Waals surface area contributed by atoms with Crippen LogP contribution < -0.4 is 4.90 Å². The molecule has 0 radical (unpaired) electrons. The van der Waals surface area contributed by atoms with E-state index in [0.29, 0.717) is 23.2 Å². The Bertz CT molecular complexity index is 722. The van der Waals surface area contributed by atoms with E-state index in [4.69, 9.17) is 0 Å². The molecule has 120 valence electrons. The van der Waals surface area contributed by atoms with Gasteiger partial charge in [-0.05, 0) is 50.3 Å². The second-order valence-electron chi connectivity index (χ2n) is 6.08. The Balaban J connectivity index is 1.69. The number of aryl methyl sites for hydroxylation is 1. The molecule has 0 atom stereocenters. The first-order valence-corrected chi connectivity index (χ1v) is 7.93. The molecule has 5 heteroatoms. The molecule has 0 saturated carbocycles. The number of Topliss-reactive ketones (excluding diaryl/α,β-unsaturated/α-hetero) is 1. The molecule has 1 aliphatic heterocycles. The Morgan fingerprint density at radius 1 is 1.30 bits per heavy atom. The number of piperidine rings is 1. The SMILES string of the molecule is CC(=O)c1cnc(N2CCC(c3cccc(O)c3)CC2)nc1C. The minimum Gasteiger partial charge on any atom is -0.508 e. The Morgan fingerprint density at radius 2 is 2.04 bits per heavy atom. The molecule has 0 amide bonds. The van der Waals surface area contributed by atoms with E-state index in [1.165, 1.54) is 12.5 Å². The van der Waals surface area contributed by atoms with Crippen LogP contribution in [-0.2, 0) is 0 Å². The lowest BCUT2D eigenvalue weighted by Crippen LogP contribution is -2.34. The number of nitrogens with zero attached hydrogens (tertiary/aromatic N) is 3. The summed E-state index contributed by atoms with van der Waals surface area (Å²) in [6.45, 7) is 5.13. The van der Waals surface area contributed by atoms with Gasteiger partial charge in [-0.1, -0.05) is 12.1 Å². The van der Waals surface area contributed by atoms with Gasteiger partial charge < -0.3 is 10.0 Å². The predicted octanol–water partition coefficient (Wildman–Crippen LogP) is 3.08. The summed E-state index contributed by atoms with van der Waals surface area (Å²) in [5.74, 6) is 1.47. The van der Waals surface area contributed by atoms with E-state index < -0.39 is 0 Å². The highest BCUT2D eigenvalue weighted by Crippen LogP contribution is 2.31. The van der Waals surface area contributed by atoms with Crippen molar-refractivity contribution >= 4 is 11.7 Å². The Morgan fingerprint density at radius 3 is 2.65 bits per heavy atom. The zero-order valence-corrected chi connectivity index (χ0v) is 13.5. The van der Waals surface area contributed by atoms with Crippen molar-refractivity contribution in [2.75, 3.05) is 18.0 Å². The summed E-state index contributed by atoms with van der Waals surface area (Å²) in [7, 11) is 0. The third kappa shape index (κ3) is 3.33. The standard InChI is InChI=1S/C18H21N3O2/c1-12-17(13(2)22)11-19-18(20-12)21-8-6-14(7-9-21)15-4-3-5-16(23)10-15/h3-5,10-11,14,23H,6-9H2,1-2H3. The average molecular weight is 311 g/mol. The molecule has 1 fully saturated rings. The predicted molar refractivity (Wildman–Crippen MR) is 89.1 cm³/mol. The molecule has 0 spiro atoms. The van der Waals surface area contributed by atoms with Crippen LogP contribution in [0, 0.1) is 6.92 Å². The monoisotopic (exact) mass is 311 g/mol.